The minimum absolute atomic E-state index is 0. The van der Waals surface area contributed by atoms with Crippen molar-refractivity contribution in [3.8, 4) is 0 Å². The van der Waals surface area contributed by atoms with Crippen molar-refractivity contribution in [3.05, 3.63) is 93.5 Å². The van der Waals surface area contributed by atoms with Crippen molar-refractivity contribution >= 4 is 53.1 Å². The quantitative estimate of drug-likeness (QED) is 0.315. The van der Waals surface area contributed by atoms with E-state index in [1.54, 1.807) is 29.2 Å². The van der Waals surface area contributed by atoms with Gasteiger partial charge < -0.3 is 25.2 Å². The van der Waals surface area contributed by atoms with E-state index in [9.17, 15) is 14.4 Å². The predicted molar refractivity (Wildman–Crippen MR) is 177 cm³/mol. The third kappa shape index (κ3) is 7.99. The molecule has 2 aliphatic heterocycles. The van der Waals surface area contributed by atoms with Gasteiger partial charge in [-0.15, -0.1) is 12.4 Å². The number of rotatable bonds is 7. The van der Waals surface area contributed by atoms with Crippen LogP contribution in [0.15, 0.2) is 60.7 Å². The lowest BCUT2D eigenvalue weighted by Crippen LogP contribution is -2.44. The second-order valence-corrected chi connectivity index (χ2v) is 12.0. The number of carbonyl (C=O) groups excluding carboxylic acids is 3. The van der Waals surface area contributed by atoms with Crippen molar-refractivity contribution in [2.24, 2.45) is 0 Å². The van der Waals surface area contributed by atoms with Crippen LogP contribution in [-0.2, 0) is 9.53 Å². The molecule has 0 aromatic heterocycles. The fraction of sp³-hybridized carbons (Fsp3) is 0.382. The Morgan fingerprint density at radius 1 is 0.909 bits per heavy atom. The van der Waals surface area contributed by atoms with E-state index >= 15 is 0 Å². The smallest absolute Gasteiger partial charge is 0.258 e. The Hall–Kier alpha value is -3.43. The summed E-state index contributed by atoms with van der Waals surface area (Å²) in [7, 11) is 2.09. The molecular weight excluding hydrogens is 599 g/mol. The monoisotopic (exact) mass is 638 g/mol. The number of anilines is 2. The standard InChI is InChI=1S/C34H39ClN4O4.ClH/c1-22-7-4-5-8-27(22)33(41)37-26-11-12-28(23(2)19-26)34(42)39-16-6-9-31(29-20-24(35)10-13-30(29)39)43-21-32(40)36-25-14-17-38(3)18-15-25;/h4-5,7-8,10-13,19-20,25,31H,6,9,14-18,21H2,1-3H3,(H,36,40)(H,37,41);1H. The van der Waals surface area contributed by atoms with Crippen molar-refractivity contribution in [1.82, 2.24) is 10.2 Å². The van der Waals surface area contributed by atoms with E-state index in [2.05, 4.69) is 22.6 Å². The van der Waals surface area contributed by atoms with Gasteiger partial charge in [0.2, 0.25) is 5.91 Å². The first-order chi connectivity index (χ1) is 20.7. The first-order valence-corrected chi connectivity index (χ1v) is 15.3. The van der Waals surface area contributed by atoms with Crippen LogP contribution in [0.2, 0.25) is 5.02 Å². The number of carbonyl (C=O) groups is 3. The van der Waals surface area contributed by atoms with E-state index in [4.69, 9.17) is 16.3 Å². The van der Waals surface area contributed by atoms with E-state index in [0.717, 1.165) is 48.3 Å². The number of hydrogen-bond acceptors (Lipinski definition) is 5. The van der Waals surface area contributed by atoms with Gasteiger partial charge in [-0.2, -0.15) is 0 Å². The first kappa shape index (κ1) is 33.5. The Kier molecular flexibility index (Phi) is 11.4. The number of nitrogens with one attached hydrogen (secondary N) is 2. The van der Waals surface area contributed by atoms with Crippen molar-refractivity contribution in [3.63, 3.8) is 0 Å². The van der Waals surface area contributed by atoms with Gasteiger partial charge in [0.25, 0.3) is 11.8 Å². The highest BCUT2D eigenvalue weighted by Gasteiger charge is 2.29. The van der Waals surface area contributed by atoms with Crippen molar-refractivity contribution in [1.29, 1.82) is 0 Å². The molecule has 8 nitrogen and oxygen atoms in total. The highest BCUT2D eigenvalue weighted by Crippen LogP contribution is 2.38. The Balaban J connectivity index is 0.00000442. The first-order valence-electron chi connectivity index (χ1n) is 14.9. The second kappa shape index (κ2) is 15.0. The van der Waals surface area contributed by atoms with Gasteiger partial charge in [-0.1, -0.05) is 29.8 Å². The molecule has 44 heavy (non-hydrogen) atoms. The van der Waals surface area contributed by atoms with Crippen molar-refractivity contribution in [2.75, 3.05) is 43.5 Å². The zero-order chi connectivity index (χ0) is 30.5. The van der Waals surface area contributed by atoms with E-state index in [1.165, 1.54) is 0 Å². The zero-order valence-corrected chi connectivity index (χ0v) is 27.0. The van der Waals surface area contributed by atoms with Crippen LogP contribution in [-0.4, -0.2) is 62.0 Å². The number of ether oxygens (including phenoxy) is 1. The van der Waals surface area contributed by atoms with Gasteiger partial charge in [-0.05, 0) is 113 Å². The summed E-state index contributed by atoms with van der Waals surface area (Å²) in [5, 5.41) is 6.59. The van der Waals surface area contributed by atoms with Crippen LogP contribution in [0.25, 0.3) is 0 Å². The summed E-state index contributed by atoms with van der Waals surface area (Å²) in [6, 6.07) is 18.4. The molecule has 0 aliphatic carbocycles. The average Bonchev–Trinajstić information content (AvgIpc) is 3.16. The molecule has 2 heterocycles. The number of amides is 3. The normalized spacial score (nSPS) is 17.2. The summed E-state index contributed by atoms with van der Waals surface area (Å²) >= 11 is 6.40. The van der Waals surface area contributed by atoms with Gasteiger partial charge in [-0.3, -0.25) is 14.4 Å². The molecule has 2 N–H and O–H groups in total. The number of aryl methyl sites for hydroxylation is 2. The maximum atomic E-state index is 13.9. The molecule has 1 saturated heterocycles. The second-order valence-electron chi connectivity index (χ2n) is 11.5. The predicted octanol–water partition coefficient (Wildman–Crippen LogP) is 6.34. The molecule has 1 unspecified atom stereocenters. The molecular formula is C34H40Cl2N4O4. The van der Waals surface area contributed by atoms with Crippen LogP contribution in [0, 0.1) is 13.8 Å². The molecule has 3 aromatic carbocycles. The van der Waals surface area contributed by atoms with E-state index in [-0.39, 0.29) is 48.9 Å². The molecule has 5 rings (SSSR count). The fourth-order valence-electron chi connectivity index (χ4n) is 5.88. The molecule has 0 spiro atoms. The fourth-order valence-corrected chi connectivity index (χ4v) is 6.06. The topological polar surface area (TPSA) is 91.0 Å². The van der Waals surface area contributed by atoms with Crippen LogP contribution < -0.4 is 15.5 Å². The van der Waals surface area contributed by atoms with Gasteiger partial charge >= 0.3 is 0 Å². The molecule has 234 valence electrons. The Bertz CT molecular complexity index is 1510. The number of piperidine rings is 1. The minimum Gasteiger partial charge on any atom is -0.364 e. The lowest BCUT2D eigenvalue weighted by molar-refractivity contribution is -0.129. The van der Waals surface area contributed by atoms with E-state index in [1.807, 2.05) is 50.2 Å². The number of hydrogen-bond donors (Lipinski definition) is 2. The molecule has 0 saturated carbocycles. The molecule has 1 fully saturated rings. The molecule has 0 radical (unpaired) electrons. The van der Waals surface area contributed by atoms with Crippen molar-refractivity contribution < 1.29 is 19.1 Å². The van der Waals surface area contributed by atoms with Crippen LogP contribution in [0.1, 0.15) is 69.2 Å². The van der Waals surface area contributed by atoms with Gasteiger partial charge in [0.15, 0.2) is 0 Å². The summed E-state index contributed by atoms with van der Waals surface area (Å²) in [6.07, 6.45) is 2.85. The molecule has 2 aliphatic rings. The van der Waals surface area contributed by atoms with Crippen LogP contribution in [0.3, 0.4) is 0 Å². The summed E-state index contributed by atoms with van der Waals surface area (Å²) < 4.78 is 6.16. The van der Waals surface area contributed by atoms with Gasteiger partial charge in [0.1, 0.15) is 6.61 Å². The van der Waals surface area contributed by atoms with Crippen LogP contribution in [0.5, 0.6) is 0 Å². The van der Waals surface area contributed by atoms with Crippen molar-refractivity contribution in [2.45, 2.75) is 51.7 Å². The number of fused-ring (bicyclic) bond motifs is 1. The maximum absolute atomic E-state index is 13.9. The third-order valence-corrected chi connectivity index (χ3v) is 8.56. The van der Waals surface area contributed by atoms with Crippen LogP contribution >= 0.6 is 24.0 Å². The molecule has 1 atom stereocenters. The highest BCUT2D eigenvalue weighted by atomic mass is 35.5. The number of halogens is 2. The Morgan fingerprint density at radius 3 is 2.39 bits per heavy atom. The van der Waals surface area contributed by atoms with Gasteiger partial charge in [0, 0.05) is 45.7 Å². The third-order valence-electron chi connectivity index (χ3n) is 8.32. The summed E-state index contributed by atoms with van der Waals surface area (Å²) in [5.41, 5.74) is 4.95. The SMILES string of the molecule is Cc1ccccc1C(=O)Nc1ccc(C(=O)N2CCCC(OCC(=O)NC3CCN(C)CC3)c3cc(Cl)ccc32)c(C)c1.Cl. The van der Waals surface area contributed by atoms with E-state index < -0.39 is 0 Å². The average molecular weight is 640 g/mol. The van der Waals surface area contributed by atoms with Crippen LogP contribution in [0.4, 0.5) is 11.4 Å². The number of nitrogens with zero attached hydrogens (tertiary/aromatic N) is 2. The van der Waals surface area contributed by atoms with Gasteiger partial charge in [0.05, 0.1) is 6.10 Å². The van der Waals surface area contributed by atoms with E-state index in [0.29, 0.717) is 41.2 Å². The zero-order valence-electron chi connectivity index (χ0n) is 25.4. The molecule has 0 bridgehead atoms. The Labute approximate surface area is 270 Å². The number of benzene rings is 3. The minimum atomic E-state index is -0.366. The lowest BCUT2D eigenvalue weighted by Gasteiger charge is -2.29. The summed E-state index contributed by atoms with van der Waals surface area (Å²) in [5.74, 6) is -0.458. The largest absolute Gasteiger partial charge is 0.364 e. The molecule has 3 amide bonds. The van der Waals surface area contributed by atoms with Gasteiger partial charge in [-0.25, -0.2) is 0 Å². The summed E-state index contributed by atoms with van der Waals surface area (Å²) in [6.45, 7) is 6.15. The summed E-state index contributed by atoms with van der Waals surface area (Å²) in [4.78, 5) is 43.5. The maximum Gasteiger partial charge on any atom is 0.258 e. The Morgan fingerprint density at radius 2 is 1.66 bits per heavy atom. The lowest BCUT2D eigenvalue weighted by atomic mass is 10.0. The number of likely N-dealkylation sites (tertiary alicyclic amines) is 1. The molecule has 3 aromatic rings. The highest BCUT2D eigenvalue weighted by molar-refractivity contribution is 6.30. The molecule has 10 heteroatoms.